The summed E-state index contributed by atoms with van der Waals surface area (Å²) in [5.74, 6) is -0.459. The molecule has 1 aromatic carbocycles. The van der Waals surface area contributed by atoms with Crippen molar-refractivity contribution >= 4 is 5.78 Å². The SMILES string of the molecule is CNCC(=O)c1ccc(O)cc1O. The van der Waals surface area contributed by atoms with Gasteiger partial charge in [-0.25, -0.2) is 0 Å². The lowest BCUT2D eigenvalue weighted by molar-refractivity contribution is 0.0991. The predicted octanol–water partition coefficient (Wildman–Crippen LogP) is 0.500. The number of Topliss-reactive ketones (excluding diaryl/α,β-unsaturated/α-hetero) is 1. The molecule has 70 valence electrons. The van der Waals surface area contributed by atoms with Gasteiger partial charge in [0, 0.05) is 6.07 Å². The summed E-state index contributed by atoms with van der Waals surface area (Å²) in [4.78, 5) is 11.3. The van der Waals surface area contributed by atoms with Crippen molar-refractivity contribution in [3.8, 4) is 11.5 Å². The van der Waals surface area contributed by atoms with Crippen molar-refractivity contribution < 1.29 is 15.0 Å². The number of hydrogen-bond donors (Lipinski definition) is 3. The van der Waals surface area contributed by atoms with Crippen LogP contribution in [0, 0.1) is 0 Å². The van der Waals surface area contributed by atoms with Crippen LogP contribution in [0.1, 0.15) is 10.4 Å². The van der Waals surface area contributed by atoms with Crippen LogP contribution in [0.3, 0.4) is 0 Å². The molecule has 1 rings (SSSR count). The first-order valence-electron chi connectivity index (χ1n) is 3.85. The maximum Gasteiger partial charge on any atom is 0.180 e. The molecule has 0 bridgehead atoms. The molecule has 0 aliphatic heterocycles. The molecule has 0 aromatic heterocycles. The van der Waals surface area contributed by atoms with Crippen LogP contribution >= 0.6 is 0 Å². The number of phenolic OH excluding ortho intramolecular Hbond substituents is 2. The Balaban J connectivity index is 2.95. The molecule has 0 unspecified atom stereocenters. The Morgan fingerprint density at radius 2 is 2.15 bits per heavy atom. The fourth-order valence-electron chi connectivity index (χ4n) is 1.01. The Morgan fingerprint density at radius 3 is 2.69 bits per heavy atom. The molecule has 1 aromatic rings. The van der Waals surface area contributed by atoms with E-state index in [4.69, 9.17) is 5.11 Å². The average molecular weight is 181 g/mol. The maximum atomic E-state index is 11.3. The number of nitrogens with one attached hydrogen (secondary N) is 1. The number of benzene rings is 1. The molecule has 0 heterocycles. The standard InChI is InChI=1S/C9H11NO3/c1-10-5-9(13)7-3-2-6(11)4-8(7)12/h2-4,10-12H,5H2,1H3. The molecule has 0 atom stereocenters. The molecule has 0 fully saturated rings. The fourth-order valence-corrected chi connectivity index (χ4v) is 1.01. The highest BCUT2D eigenvalue weighted by atomic mass is 16.3. The van der Waals surface area contributed by atoms with Gasteiger partial charge in [0.1, 0.15) is 11.5 Å². The van der Waals surface area contributed by atoms with Crippen LogP contribution in [0.25, 0.3) is 0 Å². The summed E-state index contributed by atoms with van der Waals surface area (Å²) >= 11 is 0. The average Bonchev–Trinajstić information content (AvgIpc) is 2.04. The molecule has 0 aliphatic rings. The van der Waals surface area contributed by atoms with Crippen LogP contribution in [0.2, 0.25) is 0 Å². The number of hydrogen-bond acceptors (Lipinski definition) is 4. The second-order valence-corrected chi connectivity index (χ2v) is 2.65. The molecule has 0 saturated carbocycles. The summed E-state index contributed by atoms with van der Waals surface area (Å²) in [7, 11) is 1.65. The van der Waals surface area contributed by atoms with Gasteiger partial charge in [-0.1, -0.05) is 0 Å². The van der Waals surface area contributed by atoms with E-state index in [1.807, 2.05) is 0 Å². The second kappa shape index (κ2) is 3.91. The topological polar surface area (TPSA) is 69.6 Å². The Kier molecular flexibility index (Phi) is 2.87. The molecule has 3 N–H and O–H groups in total. The van der Waals surface area contributed by atoms with E-state index in [0.29, 0.717) is 0 Å². The molecule has 4 heteroatoms. The van der Waals surface area contributed by atoms with E-state index in [9.17, 15) is 9.90 Å². The number of carbonyl (C=O) groups excluding carboxylic acids is 1. The minimum Gasteiger partial charge on any atom is -0.508 e. The van der Waals surface area contributed by atoms with Crippen molar-refractivity contribution in [2.45, 2.75) is 0 Å². The van der Waals surface area contributed by atoms with Crippen LogP contribution in [0.15, 0.2) is 18.2 Å². The van der Waals surface area contributed by atoms with E-state index in [1.54, 1.807) is 7.05 Å². The summed E-state index contributed by atoms with van der Waals surface area (Å²) < 4.78 is 0. The molecular weight excluding hydrogens is 170 g/mol. The third-order valence-electron chi connectivity index (χ3n) is 1.62. The molecule has 4 nitrogen and oxygen atoms in total. The third kappa shape index (κ3) is 2.19. The van der Waals surface area contributed by atoms with Crippen LogP contribution in [-0.2, 0) is 0 Å². The number of phenols is 2. The highest BCUT2D eigenvalue weighted by Gasteiger charge is 2.09. The Bertz CT molecular complexity index is 323. The van der Waals surface area contributed by atoms with Gasteiger partial charge in [0.15, 0.2) is 5.78 Å². The molecule has 0 saturated heterocycles. The first-order chi connectivity index (χ1) is 6.15. The zero-order chi connectivity index (χ0) is 9.84. The number of aromatic hydroxyl groups is 2. The van der Waals surface area contributed by atoms with Gasteiger partial charge in [0.2, 0.25) is 0 Å². The number of ketones is 1. The van der Waals surface area contributed by atoms with Crippen LogP contribution in [0.5, 0.6) is 11.5 Å². The Labute approximate surface area is 75.8 Å². The Morgan fingerprint density at radius 1 is 1.46 bits per heavy atom. The van der Waals surface area contributed by atoms with Gasteiger partial charge in [-0.15, -0.1) is 0 Å². The Hall–Kier alpha value is -1.55. The minimum atomic E-state index is -0.208. The van der Waals surface area contributed by atoms with E-state index >= 15 is 0 Å². The lowest BCUT2D eigenvalue weighted by atomic mass is 10.1. The highest BCUT2D eigenvalue weighted by molar-refractivity contribution is 6.00. The zero-order valence-corrected chi connectivity index (χ0v) is 7.24. The van der Waals surface area contributed by atoms with E-state index in [1.165, 1.54) is 12.1 Å². The molecule has 0 radical (unpaired) electrons. The maximum absolute atomic E-state index is 11.3. The van der Waals surface area contributed by atoms with Gasteiger partial charge >= 0.3 is 0 Å². The number of rotatable bonds is 3. The number of likely N-dealkylation sites (N-methyl/N-ethyl adjacent to an activating group) is 1. The van der Waals surface area contributed by atoms with Crippen molar-refractivity contribution in [3.63, 3.8) is 0 Å². The van der Waals surface area contributed by atoms with Crippen molar-refractivity contribution in [3.05, 3.63) is 23.8 Å². The van der Waals surface area contributed by atoms with Crippen LogP contribution in [-0.4, -0.2) is 29.6 Å². The van der Waals surface area contributed by atoms with Gasteiger partial charge < -0.3 is 15.5 Å². The van der Waals surface area contributed by atoms with Gasteiger partial charge in [-0.3, -0.25) is 4.79 Å². The zero-order valence-electron chi connectivity index (χ0n) is 7.24. The molecule has 0 aliphatic carbocycles. The number of carbonyl (C=O) groups is 1. The lowest BCUT2D eigenvalue weighted by Crippen LogP contribution is -2.18. The second-order valence-electron chi connectivity index (χ2n) is 2.65. The first-order valence-corrected chi connectivity index (χ1v) is 3.85. The summed E-state index contributed by atoms with van der Waals surface area (Å²) in [6, 6.07) is 3.90. The monoisotopic (exact) mass is 181 g/mol. The van der Waals surface area contributed by atoms with Gasteiger partial charge in [0.05, 0.1) is 12.1 Å². The quantitative estimate of drug-likeness (QED) is 0.594. The summed E-state index contributed by atoms with van der Waals surface area (Å²) in [6.07, 6.45) is 0. The first kappa shape index (κ1) is 9.54. The van der Waals surface area contributed by atoms with Crippen molar-refractivity contribution in [2.75, 3.05) is 13.6 Å². The highest BCUT2D eigenvalue weighted by Crippen LogP contribution is 2.22. The van der Waals surface area contributed by atoms with E-state index < -0.39 is 0 Å². The smallest absolute Gasteiger partial charge is 0.180 e. The van der Waals surface area contributed by atoms with Crippen molar-refractivity contribution in [1.29, 1.82) is 0 Å². The predicted molar refractivity (Wildman–Crippen MR) is 48.0 cm³/mol. The van der Waals surface area contributed by atoms with Gasteiger partial charge in [-0.2, -0.15) is 0 Å². The lowest BCUT2D eigenvalue weighted by Gasteiger charge is -2.03. The van der Waals surface area contributed by atoms with Crippen molar-refractivity contribution in [2.24, 2.45) is 0 Å². The summed E-state index contributed by atoms with van der Waals surface area (Å²) in [5.41, 5.74) is 0.215. The van der Waals surface area contributed by atoms with E-state index in [-0.39, 0.29) is 29.4 Å². The summed E-state index contributed by atoms with van der Waals surface area (Å²) in [6.45, 7) is 0.165. The van der Waals surface area contributed by atoms with E-state index in [2.05, 4.69) is 5.32 Å². The largest absolute Gasteiger partial charge is 0.508 e. The molecular formula is C9H11NO3. The fraction of sp³-hybridized carbons (Fsp3) is 0.222. The minimum absolute atomic E-state index is 0.0569. The van der Waals surface area contributed by atoms with Crippen LogP contribution in [0.4, 0.5) is 0 Å². The molecule has 0 spiro atoms. The molecule has 13 heavy (non-hydrogen) atoms. The van der Waals surface area contributed by atoms with Gasteiger partial charge in [0.25, 0.3) is 0 Å². The normalized spacial score (nSPS) is 9.92. The van der Waals surface area contributed by atoms with Gasteiger partial charge in [-0.05, 0) is 19.2 Å². The summed E-state index contributed by atoms with van der Waals surface area (Å²) in [5, 5.41) is 20.9. The van der Waals surface area contributed by atoms with Crippen LogP contribution < -0.4 is 5.32 Å². The van der Waals surface area contributed by atoms with Crippen molar-refractivity contribution in [1.82, 2.24) is 5.32 Å². The molecule has 0 amide bonds. The third-order valence-corrected chi connectivity index (χ3v) is 1.62. The van der Waals surface area contributed by atoms with E-state index in [0.717, 1.165) is 6.07 Å².